The van der Waals surface area contributed by atoms with Crippen LogP contribution in [0, 0.1) is 0 Å². The molecule has 3 atom stereocenters. The third-order valence-corrected chi connectivity index (χ3v) is 5.69. The predicted octanol–water partition coefficient (Wildman–Crippen LogP) is 3.77. The Labute approximate surface area is 140 Å². The van der Waals surface area contributed by atoms with Gasteiger partial charge in [-0.2, -0.15) is 0 Å². The molecular formula is C18H19N3OS. The first-order valence-electron chi connectivity index (χ1n) is 7.96. The van der Waals surface area contributed by atoms with Crippen LogP contribution in [-0.4, -0.2) is 32.0 Å². The second-order valence-electron chi connectivity index (χ2n) is 5.93. The predicted molar refractivity (Wildman–Crippen MR) is 93.6 cm³/mol. The average molecular weight is 325 g/mol. The lowest BCUT2D eigenvalue weighted by molar-refractivity contribution is 0.255. The van der Waals surface area contributed by atoms with E-state index in [1.54, 1.807) is 12.1 Å². The van der Waals surface area contributed by atoms with E-state index in [2.05, 4.69) is 22.9 Å². The number of nitrogens with zero attached hydrogens (tertiary/aromatic N) is 3. The fraction of sp³-hybridized carbons (Fsp3) is 0.333. The van der Waals surface area contributed by atoms with Crippen LogP contribution in [0.1, 0.15) is 36.7 Å². The number of hydrogen-bond donors (Lipinski definition) is 1. The number of aromatic nitrogens is 1. The van der Waals surface area contributed by atoms with E-state index in [4.69, 9.17) is 4.99 Å². The summed E-state index contributed by atoms with van der Waals surface area (Å²) in [7, 11) is 0. The van der Waals surface area contributed by atoms with E-state index in [-0.39, 0.29) is 12.1 Å². The molecule has 0 aliphatic carbocycles. The number of rotatable bonds is 3. The number of benzene rings is 1. The maximum absolute atomic E-state index is 9.61. The number of aliphatic imine (C=N–C) groups is 1. The van der Waals surface area contributed by atoms with Crippen molar-refractivity contribution in [2.75, 3.05) is 5.75 Å². The smallest absolute Gasteiger partial charge is 0.160 e. The summed E-state index contributed by atoms with van der Waals surface area (Å²) in [4.78, 5) is 12.0. The van der Waals surface area contributed by atoms with Gasteiger partial charge in [0, 0.05) is 18.0 Å². The van der Waals surface area contributed by atoms with Crippen molar-refractivity contribution in [1.82, 2.24) is 9.88 Å². The quantitative estimate of drug-likeness (QED) is 0.933. The highest BCUT2D eigenvalue weighted by molar-refractivity contribution is 8.14. The first kappa shape index (κ1) is 14.6. The molecule has 0 spiro atoms. The summed E-state index contributed by atoms with van der Waals surface area (Å²) >= 11 is 1.84. The molecule has 4 rings (SSSR count). The first-order valence-corrected chi connectivity index (χ1v) is 8.95. The van der Waals surface area contributed by atoms with E-state index in [0.29, 0.717) is 11.8 Å². The van der Waals surface area contributed by atoms with Gasteiger partial charge in [-0.05, 0) is 36.2 Å². The van der Waals surface area contributed by atoms with Crippen LogP contribution in [0.25, 0.3) is 0 Å². The van der Waals surface area contributed by atoms with Gasteiger partial charge in [0.25, 0.3) is 0 Å². The van der Waals surface area contributed by atoms with Crippen molar-refractivity contribution in [1.29, 1.82) is 0 Å². The van der Waals surface area contributed by atoms with Crippen molar-refractivity contribution in [3.05, 3.63) is 59.9 Å². The zero-order valence-corrected chi connectivity index (χ0v) is 13.8. The summed E-state index contributed by atoms with van der Waals surface area (Å²) in [6, 6.07) is 14.2. The number of phenolic OH excluding ortho intramolecular Hbond substituents is 1. The summed E-state index contributed by atoms with van der Waals surface area (Å²) in [5.41, 5.74) is 2.18. The third kappa shape index (κ3) is 2.49. The van der Waals surface area contributed by atoms with Crippen molar-refractivity contribution in [3.8, 4) is 5.75 Å². The molecule has 0 unspecified atom stereocenters. The SMILES string of the molecule is CC[C@@H]1CSC2=N[C@@H](c3ccccn3)[C@H](c3ccc(O)cc3)N21. The number of fused-ring (bicyclic) bond motifs is 1. The lowest BCUT2D eigenvalue weighted by atomic mass is 9.95. The van der Waals surface area contributed by atoms with Gasteiger partial charge in [0.1, 0.15) is 11.8 Å². The molecule has 1 aromatic heterocycles. The van der Waals surface area contributed by atoms with Crippen LogP contribution in [0.4, 0.5) is 0 Å². The third-order valence-electron chi connectivity index (χ3n) is 4.56. The molecule has 2 aliphatic rings. The molecule has 1 N–H and O–H groups in total. The van der Waals surface area contributed by atoms with Crippen LogP contribution in [0.2, 0.25) is 0 Å². The number of pyridine rings is 1. The maximum atomic E-state index is 9.61. The van der Waals surface area contributed by atoms with Crippen LogP contribution in [0.15, 0.2) is 53.7 Å². The second-order valence-corrected chi connectivity index (χ2v) is 6.91. The van der Waals surface area contributed by atoms with Gasteiger partial charge in [0.15, 0.2) is 5.17 Å². The highest BCUT2D eigenvalue weighted by Crippen LogP contribution is 2.48. The average Bonchev–Trinajstić information content (AvgIpc) is 3.15. The van der Waals surface area contributed by atoms with E-state index in [1.165, 1.54) is 5.56 Å². The topological polar surface area (TPSA) is 48.7 Å². The van der Waals surface area contributed by atoms with Crippen molar-refractivity contribution >= 4 is 16.9 Å². The molecule has 1 fully saturated rings. The Kier molecular flexibility index (Phi) is 3.73. The minimum Gasteiger partial charge on any atom is -0.508 e. The lowest BCUT2D eigenvalue weighted by Gasteiger charge is -2.31. The van der Waals surface area contributed by atoms with Crippen LogP contribution in [0.5, 0.6) is 5.75 Å². The van der Waals surface area contributed by atoms with Gasteiger partial charge in [0.2, 0.25) is 0 Å². The maximum Gasteiger partial charge on any atom is 0.160 e. The normalized spacial score (nSPS) is 26.2. The van der Waals surface area contributed by atoms with Gasteiger partial charge >= 0.3 is 0 Å². The van der Waals surface area contributed by atoms with E-state index in [9.17, 15) is 5.11 Å². The summed E-state index contributed by atoms with van der Waals surface area (Å²) in [5, 5.41) is 10.7. The van der Waals surface area contributed by atoms with Crippen molar-refractivity contribution in [3.63, 3.8) is 0 Å². The Hall–Kier alpha value is -2.01. The molecule has 118 valence electrons. The molecule has 0 bridgehead atoms. The number of thioether (sulfide) groups is 1. The molecular weight excluding hydrogens is 306 g/mol. The molecule has 1 saturated heterocycles. The molecule has 0 saturated carbocycles. The number of aromatic hydroxyl groups is 1. The van der Waals surface area contributed by atoms with Gasteiger partial charge in [-0.3, -0.25) is 9.98 Å². The minimum absolute atomic E-state index is 0.0117. The van der Waals surface area contributed by atoms with Gasteiger partial charge in [-0.1, -0.05) is 36.9 Å². The van der Waals surface area contributed by atoms with E-state index < -0.39 is 0 Å². The zero-order valence-electron chi connectivity index (χ0n) is 13.0. The van der Waals surface area contributed by atoms with Gasteiger partial charge < -0.3 is 10.0 Å². The Balaban J connectivity index is 1.78. The van der Waals surface area contributed by atoms with E-state index in [1.807, 2.05) is 42.2 Å². The molecule has 0 radical (unpaired) electrons. The van der Waals surface area contributed by atoms with E-state index >= 15 is 0 Å². The molecule has 2 aromatic rings. The largest absolute Gasteiger partial charge is 0.508 e. The van der Waals surface area contributed by atoms with Crippen molar-refractivity contribution in [2.24, 2.45) is 4.99 Å². The Bertz CT molecular complexity index is 717. The van der Waals surface area contributed by atoms with Crippen molar-refractivity contribution in [2.45, 2.75) is 31.5 Å². The number of hydrogen-bond acceptors (Lipinski definition) is 5. The van der Waals surface area contributed by atoms with Crippen LogP contribution >= 0.6 is 11.8 Å². The minimum atomic E-state index is 0.0117. The molecule has 2 aliphatic heterocycles. The standard InChI is InChI=1S/C18H19N3OS/c1-2-13-11-23-18-20-16(15-5-3-4-10-19-15)17(21(13)18)12-6-8-14(22)9-7-12/h3-10,13,16-17,22H,2,11H2,1H3/t13-,16+,17+/m1/s1. The summed E-state index contributed by atoms with van der Waals surface area (Å²) in [5.74, 6) is 1.39. The molecule has 0 amide bonds. The number of phenols is 1. The molecule has 5 heteroatoms. The Morgan fingerprint density at radius 2 is 2.04 bits per heavy atom. The summed E-state index contributed by atoms with van der Waals surface area (Å²) in [6.45, 7) is 2.23. The molecule has 4 nitrogen and oxygen atoms in total. The highest BCUT2D eigenvalue weighted by atomic mass is 32.2. The lowest BCUT2D eigenvalue weighted by Crippen LogP contribution is -2.35. The Morgan fingerprint density at radius 3 is 2.74 bits per heavy atom. The van der Waals surface area contributed by atoms with Crippen LogP contribution in [0.3, 0.4) is 0 Å². The van der Waals surface area contributed by atoms with Crippen LogP contribution < -0.4 is 0 Å². The van der Waals surface area contributed by atoms with E-state index in [0.717, 1.165) is 23.0 Å². The second kappa shape index (κ2) is 5.89. The Morgan fingerprint density at radius 1 is 1.22 bits per heavy atom. The number of amidine groups is 1. The first-order chi connectivity index (χ1) is 11.3. The molecule has 1 aromatic carbocycles. The fourth-order valence-corrected chi connectivity index (χ4v) is 4.72. The summed E-state index contributed by atoms with van der Waals surface area (Å²) in [6.07, 6.45) is 2.94. The van der Waals surface area contributed by atoms with Gasteiger partial charge in [-0.25, -0.2) is 0 Å². The fourth-order valence-electron chi connectivity index (χ4n) is 3.38. The summed E-state index contributed by atoms with van der Waals surface area (Å²) < 4.78 is 0. The van der Waals surface area contributed by atoms with Crippen LogP contribution in [-0.2, 0) is 0 Å². The molecule has 23 heavy (non-hydrogen) atoms. The van der Waals surface area contributed by atoms with Crippen molar-refractivity contribution < 1.29 is 5.11 Å². The van der Waals surface area contributed by atoms with Gasteiger partial charge in [-0.15, -0.1) is 0 Å². The zero-order chi connectivity index (χ0) is 15.8. The highest BCUT2D eigenvalue weighted by Gasteiger charge is 2.45. The molecule has 3 heterocycles. The monoisotopic (exact) mass is 325 g/mol. The van der Waals surface area contributed by atoms with Gasteiger partial charge in [0.05, 0.1) is 11.7 Å².